The molecule has 0 aliphatic heterocycles. The molecule has 0 saturated carbocycles. The third kappa shape index (κ3) is 37.6. The predicted octanol–water partition coefficient (Wildman–Crippen LogP) is 12.4. The number of unbranched alkanes of at least 4 members (excludes halogenated alkanes) is 30. The molecule has 0 heterocycles. The molecule has 0 aromatic rings. The molecule has 0 aromatic carbocycles. The van der Waals surface area contributed by atoms with Crippen LogP contribution in [0.3, 0.4) is 0 Å². The van der Waals surface area contributed by atoms with Gasteiger partial charge in [0.2, 0.25) is 5.91 Å². The second kappa shape index (κ2) is 39.9. The summed E-state index contributed by atoms with van der Waals surface area (Å²) >= 11 is 0. The minimum atomic E-state index is -4.33. The summed E-state index contributed by atoms with van der Waals surface area (Å²) in [4.78, 5) is 22.7. The molecule has 0 aromatic heterocycles. The summed E-state index contributed by atoms with van der Waals surface area (Å²) in [5.74, 6) is -0.191. The van der Waals surface area contributed by atoms with Crippen LogP contribution in [0.5, 0.6) is 0 Å². The highest BCUT2D eigenvalue weighted by molar-refractivity contribution is 7.47. The molecule has 1 amide bonds. The van der Waals surface area contributed by atoms with Crippen molar-refractivity contribution in [2.24, 2.45) is 5.73 Å². The van der Waals surface area contributed by atoms with Crippen molar-refractivity contribution in [3.05, 3.63) is 12.2 Å². The largest absolute Gasteiger partial charge is 0.472 e. The van der Waals surface area contributed by atoms with E-state index in [1.807, 2.05) is 6.08 Å². The van der Waals surface area contributed by atoms with E-state index in [1.54, 1.807) is 6.08 Å². The third-order valence-electron chi connectivity index (χ3n) is 10.1. The number of hydrogen-bond donors (Lipinski definition) is 4. The van der Waals surface area contributed by atoms with Gasteiger partial charge in [0.15, 0.2) is 0 Å². The molecule has 5 N–H and O–H groups in total. The SMILES string of the molecule is CCCCCCCCCCCCCCCCCC/C=C/C(O)C(COP(=O)(O)OCCN)NC(=O)CCCCCCCCCCCCCCCCC. The maximum absolute atomic E-state index is 12.7. The average molecular weight is 759 g/mol. The summed E-state index contributed by atoms with van der Waals surface area (Å²) in [6, 6.07) is -0.854. The number of allylic oxidation sites excluding steroid dienone is 1. The molecule has 0 radical (unpaired) electrons. The highest BCUT2D eigenvalue weighted by Gasteiger charge is 2.26. The fraction of sp³-hybridized carbons (Fsp3) is 0.930. The molecular formula is C43H87N2O6P. The molecule has 0 aliphatic carbocycles. The molecule has 8 nitrogen and oxygen atoms in total. The second-order valence-corrected chi connectivity index (χ2v) is 16.7. The average Bonchev–Trinajstić information content (AvgIpc) is 3.13. The molecule has 3 atom stereocenters. The molecule has 310 valence electrons. The molecule has 52 heavy (non-hydrogen) atoms. The molecule has 0 bridgehead atoms. The maximum Gasteiger partial charge on any atom is 0.472 e. The Hall–Kier alpha value is -0.760. The van der Waals surface area contributed by atoms with Crippen LogP contribution in [-0.2, 0) is 18.4 Å². The van der Waals surface area contributed by atoms with Gasteiger partial charge in [-0.15, -0.1) is 0 Å². The maximum atomic E-state index is 12.7. The summed E-state index contributed by atoms with van der Waals surface area (Å²) in [7, 11) is -4.33. The van der Waals surface area contributed by atoms with Gasteiger partial charge in [0.05, 0.1) is 25.4 Å². The smallest absolute Gasteiger partial charge is 0.387 e. The lowest BCUT2D eigenvalue weighted by Crippen LogP contribution is -2.45. The quantitative estimate of drug-likeness (QED) is 0.0277. The van der Waals surface area contributed by atoms with Crippen LogP contribution in [0.15, 0.2) is 12.2 Å². The van der Waals surface area contributed by atoms with E-state index < -0.39 is 20.0 Å². The lowest BCUT2D eigenvalue weighted by molar-refractivity contribution is -0.123. The van der Waals surface area contributed by atoms with Gasteiger partial charge in [-0.25, -0.2) is 4.57 Å². The van der Waals surface area contributed by atoms with Crippen molar-refractivity contribution in [2.75, 3.05) is 19.8 Å². The summed E-state index contributed by atoms with van der Waals surface area (Å²) < 4.78 is 22.1. The Kier molecular flexibility index (Phi) is 39.3. The monoisotopic (exact) mass is 759 g/mol. The van der Waals surface area contributed by atoms with Crippen molar-refractivity contribution in [3.63, 3.8) is 0 Å². The molecule has 0 saturated heterocycles. The first-order chi connectivity index (χ1) is 25.4. The van der Waals surface area contributed by atoms with Gasteiger partial charge in [-0.1, -0.05) is 212 Å². The Morgan fingerprint density at radius 2 is 0.981 bits per heavy atom. The number of hydrogen-bond acceptors (Lipinski definition) is 6. The first kappa shape index (κ1) is 51.2. The number of aliphatic hydroxyl groups is 1. The van der Waals surface area contributed by atoms with Gasteiger partial charge in [-0.3, -0.25) is 13.8 Å². The summed E-state index contributed by atoms with van der Waals surface area (Å²) in [5.41, 5.74) is 5.37. The number of aliphatic hydroxyl groups excluding tert-OH is 1. The number of rotatable bonds is 42. The van der Waals surface area contributed by atoms with E-state index in [4.69, 9.17) is 14.8 Å². The van der Waals surface area contributed by atoms with Gasteiger partial charge in [-0.2, -0.15) is 0 Å². The van der Waals surface area contributed by atoms with Crippen molar-refractivity contribution < 1.29 is 28.4 Å². The van der Waals surface area contributed by atoms with Crippen molar-refractivity contribution in [3.8, 4) is 0 Å². The number of phosphoric acid groups is 1. The van der Waals surface area contributed by atoms with Gasteiger partial charge in [0.25, 0.3) is 0 Å². The van der Waals surface area contributed by atoms with E-state index in [1.165, 1.54) is 167 Å². The second-order valence-electron chi connectivity index (χ2n) is 15.3. The molecule has 0 aliphatic rings. The Balaban J connectivity index is 4.18. The van der Waals surface area contributed by atoms with Crippen molar-refractivity contribution >= 4 is 13.7 Å². The topological polar surface area (TPSA) is 131 Å². The molecule has 0 spiro atoms. The standard InChI is InChI=1S/C43H87N2O6P/c1-3-5-7-9-11-13-15-17-19-20-21-23-24-26-28-30-32-34-36-42(46)41(40-51-52(48,49)50-39-38-44)45-43(47)37-35-33-31-29-27-25-22-18-16-14-12-10-8-6-4-2/h34,36,41-42,46H,3-33,35,37-40,44H2,1-2H3,(H,45,47)(H,48,49)/b36-34+. The highest BCUT2D eigenvalue weighted by atomic mass is 31.2. The number of nitrogens with one attached hydrogen (secondary N) is 1. The van der Waals surface area contributed by atoms with Gasteiger partial charge < -0.3 is 21.1 Å². The van der Waals surface area contributed by atoms with Crippen LogP contribution in [0.4, 0.5) is 0 Å². The van der Waals surface area contributed by atoms with E-state index in [-0.39, 0.29) is 25.7 Å². The number of nitrogens with two attached hydrogens (primary N) is 1. The normalized spacial score (nSPS) is 14.2. The third-order valence-corrected chi connectivity index (χ3v) is 11.1. The van der Waals surface area contributed by atoms with E-state index in [2.05, 4.69) is 19.2 Å². The summed E-state index contributed by atoms with van der Waals surface area (Å²) in [6.07, 6.45) is 44.0. The first-order valence-corrected chi connectivity index (χ1v) is 23.8. The van der Waals surface area contributed by atoms with Crippen LogP contribution < -0.4 is 11.1 Å². The van der Waals surface area contributed by atoms with Gasteiger partial charge >= 0.3 is 7.82 Å². The van der Waals surface area contributed by atoms with Crippen LogP contribution in [0.25, 0.3) is 0 Å². The van der Waals surface area contributed by atoms with Crippen LogP contribution in [0.1, 0.15) is 226 Å². The van der Waals surface area contributed by atoms with E-state index >= 15 is 0 Å². The zero-order valence-electron chi connectivity index (χ0n) is 34.3. The Morgan fingerprint density at radius 1 is 0.615 bits per heavy atom. The molecule has 9 heteroatoms. The molecule has 3 unspecified atom stereocenters. The highest BCUT2D eigenvalue weighted by Crippen LogP contribution is 2.43. The number of phosphoric ester groups is 1. The van der Waals surface area contributed by atoms with Crippen LogP contribution in [-0.4, -0.2) is 47.8 Å². The van der Waals surface area contributed by atoms with Gasteiger partial charge in [0.1, 0.15) is 0 Å². The van der Waals surface area contributed by atoms with E-state index in [0.717, 1.165) is 38.5 Å². The first-order valence-electron chi connectivity index (χ1n) is 22.3. The summed E-state index contributed by atoms with van der Waals surface area (Å²) in [5, 5.41) is 13.7. The zero-order valence-corrected chi connectivity index (χ0v) is 35.2. The van der Waals surface area contributed by atoms with E-state index in [9.17, 15) is 19.4 Å². The lowest BCUT2D eigenvalue weighted by atomic mass is 10.0. The number of amides is 1. The minimum Gasteiger partial charge on any atom is -0.387 e. The van der Waals surface area contributed by atoms with Crippen LogP contribution in [0.2, 0.25) is 0 Å². The number of carbonyl (C=O) groups excluding carboxylic acids is 1. The number of carbonyl (C=O) groups is 1. The van der Waals surface area contributed by atoms with Gasteiger partial charge in [-0.05, 0) is 19.3 Å². The zero-order chi connectivity index (χ0) is 38.2. The van der Waals surface area contributed by atoms with Crippen molar-refractivity contribution in [1.29, 1.82) is 0 Å². The summed E-state index contributed by atoms with van der Waals surface area (Å²) in [6.45, 7) is 4.16. The Labute approximate surface area is 322 Å². The predicted molar refractivity (Wildman–Crippen MR) is 222 cm³/mol. The molecular weight excluding hydrogens is 671 g/mol. The fourth-order valence-corrected chi connectivity index (χ4v) is 7.48. The van der Waals surface area contributed by atoms with E-state index in [0.29, 0.717) is 6.42 Å². The van der Waals surface area contributed by atoms with Crippen LogP contribution in [0, 0.1) is 0 Å². The lowest BCUT2D eigenvalue weighted by Gasteiger charge is -2.23. The molecule has 0 rings (SSSR count). The van der Waals surface area contributed by atoms with Gasteiger partial charge in [0, 0.05) is 13.0 Å². The van der Waals surface area contributed by atoms with Crippen molar-refractivity contribution in [1.82, 2.24) is 5.32 Å². The minimum absolute atomic E-state index is 0.0814. The molecule has 0 fully saturated rings. The van der Waals surface area contributed by atoms with Crippen LogP contribution >= 0.6 is 7.82 Å². The Bertz CT molecular complexity index is 829. The van der Waals surface area contributed by atoms with Crippen molar-refractivity contribution in [2.45, 2.75) is 238 Å². The Morgan fingerprint density at radius 3 is 1.37 bits per heavy atom. The fourth-order valence-electron chi connectivity index (χ4n) is 6.72.